The minimum Gasteiger partial charge on any atom is -0.370 e. The number of aromatic nitrogens is 2. The van der Waals surface area contributed by atoms with Crippen LogP contribution in [0.3, 0.4) is 0 Å². The molecule has 3 heterocycles. The zero-order valence-corrected chi connectivity index (χ0v) is 17.5. The fraction of sp³-hybridized carbons (Fsp3) is 0.500. The van der Waals surface area contributed by atoms with Crippen molar-refractivity contribution in [2.45, 2.75) is 19.4 Å². The number of amides is 1. The van der Waals surface area contributed by atoms with Gasteiger partial charge in [-0.2, -0.15) is 0 Å². The van der Waals surface area contributed by atoms with Crippen molar-refractivity contribution >= 4 is 17.5 Å². The van der Waals surface area contributed by atoms with Gasteiger partial charge in [-0.3, -0.25) is 9.69 Å². The average Bonchev–Trinajstić information content (AvgIpc) is 3.06. The summed E-state index contributed by atoms with van der Waals surface area (Å²) in [7, 11) is 0. The van der Waals surface area contributed by atoms with Crippen LogP contribution < -0.4 is 9.80 Å². The third-order valence-corrected chi connectivity index (χ3v) is 6.05. The number of rotatable bonds is 4. The van der Waals surface area contributed by atoms with Crippen molar-refractivity contribution in [1.82, 2.24) is 19.8 Å². The van der Waals surface area contributed by atoms with Gasteiger partial charge in [-0.1, -0.05) is 0 Å². The SMILES string of the molecule is CC(C(=O)N1CCN(c2ncccn2)CC1)N1CCCN(c2ccc(F)cc2)CC1. The maximum absolute atomic E-state index is 13.2. The van der Waals surface area contributed by atoms with E-state index < -0.39 is 0 Å². The van der Waals surface area contributed by atoms with E-state index >= 15 is 0 Å². The molecule has 7 nitrogen and oxygen atoms in total. The highest BCUT2D eigenvalue weighted by Crippen LogP contribution is 2.19. The van der Waals surface area contributed by atoms with Crippen molar-refractivity contribution in [3.63, 3.8) is 0 Å². The van der Waals surface area contributed by atoms with Crippen molar-refractivity contribution in [3.05, 3.63) is 48.5 Å². The molecule has 2 saturated heterocycles. The predicted octanol–water partition coefficient (Wildman–Crippen LogP) is 1.87. The Bertz CT molecular complexity index is 825. The number of carbonyl (C=O) groups is 1. The Balaban J connectivity index is 1.30. The first-order chi connectivity index (χ1) is 14.6. The van der Waals surface area contributed by atoms with Gasteiger partial charge in [0.25, 0.3) is 0 Å². The molecule has 4 rings (SSSR count). The molecule has 1 aromatic carbocycles. The molecule has 160 valence electrons. The molecule has 1 unspecified atom stereocenters. The Hall–Kier alpha value is -2.74. The lowest BCUT2D eigenvalue weighted by atomic mass is 10.2. The van der Waals surface area contributed by atoms with Crippen molar-refractivity contribution in [3.8, 4) is 0 Å². The lowest BCUT2D eigenvalue weighted by Crippen LogP contribution is -2.55. The molecule has 0 N–H and O–H groups in total. The zero-order chi connectivity index (χ0) is 20.9. The molecule has 1 aromatic heterocycles. The van der Waals surface area contributed by atoms with E-state index in [0.717, 1.165) is 57.3 Å². The second-order valence-electron chi connectivity index (χ2n) is 7.89. The Kier molecular flexibility index (Phi) is 6.42. The van der Waals surface area contributed by atoms with E-state index in [2.05, 4.69) is 24.7 Å². The molecule has 8 heteroatoms. The molecule has 2 aromatic rings. The van der Waals surface area contributed by atoms with Crippen LogP contribution in [-0.4, -0.2) is 84.1 Å². The first-order valence-corrected chi connectivity index (χ1v) is 10.7. The van der Waals surface area contributed by atoms with E-state index in [-0.39, 0.29) is 17.8 Å². The van der Waals surface area contributed by atoms with E-state index in [1.54, 1.807) is 12.4 Å². The molecule has 1 atom stereocenters. The molecule has 1 amide bonds. The largest absolute Gasteiger partial charge is 0.370 e. The van der Waals surface area contributed by atoms with E-state index in [1.165, 1.54) is 12.1 Å². The zero-order valence-electron chi connectivity index (χ0n) is 17.5. The Morgan fingerprint density at radius 2 is 1.57 bits per heavy atom. The topological polar surface area (TPSA) is 55.8 Å². The fourth-order valence-electron chi connectivity index (χ4n) is 4.24. The minimum atomic E-state index is -0.214. The van der Waals surface area contributed by atoms with Crippen molar-refractivity contribution < 1.29 is 9.18 Å². The highest BCUT2D eigenvalue weighted by molar-refractivity contribution is 5.81. The summed E-state index contributed by atoms with van der Waals surface area (Å²) in [6, 6.07) is 8.33. The summed E-state index contributed by atoms with van der Waals surface area (Å²) in [5, 5.41) is 0. The van der Waals surface area contributed by atoms with Crippen molar-refractivity contribution in [1.29, 1.82) is 0 Å². The van der Waals surface area contributed by atoms with Crippen LogP contribution in [0.1, 0.15) is 13.3 Å². The number of anilines is 2. The standard InChI is InChI=1S/C22H29FN6O/c1-18(21(30)28-14-16-29(17-15-28)22-24-8-2-9-25-22)26-10-3-11-27(13-12-26)20-6-4-19(23)5-7-20/h2,4-9,18H,3,10-17H2,1H3. The monoisotopic (exact) mass is 412 g/mol. The van der Waals surface area contributed by atoms with E-state index in [1.807, 2.05) is 30.0 Å². The smallest absolute Gasteiger partial charge is 0.239 e. The highest BCUT2D eigenvalue weighted by Gasteiger charge is 2.30. The van der Waals surface area contributed by atoms with E-state index in [0.29, 0.717) is 13.1 Å². The first kappa shape index (κ1) is 20.5. The molecule has 0 radical (unpaired) electrons. The molecular weight excluding hydrogens is 383 g/mol. The Labute approximate surface area is 177 Å². The van der Waals surface area contributed by atoms with Gasteiger partial charge in [0.05, 0.1) is 6.04 Å². The number of hydrogen-bond acceptors (Lipinski definition) is 6. The molecule has 2 aliphatic heterocycles. The maximum Gasteiger partial charge on any atom is 0.239 e. The summed E-state index contributed by atoms with van der Waals surface area (Å²) in [6.45, 7) is 8.36. The quantitative estimate of drug-likeness (QED) is 0.764. The minimum absolute atomic E-state index is 0.141. The molecule has 0 spiro atoms. The number of carbonyl (C=O) groups excluding carboxylic acids is 1. The summed E-state index contributed by atoms with van der Waals surface area (Å²) in [6.07, 6.45) is 4.47. The van der Waals surface area contributed by atoms with Gasteiger partial charge >= 0.3 is 0 Å². The summed E-state index contributed by atoms with van der Waals surface area (Å²) in [4.78, 5) is 30.4. The second kappa shape index (κ2) is 9.38. The Morgan fingerprint density at radius 1 is 0.900 bits per heavy atom. The second-order valence-corrected chi connectivity index (χ2v) is 7.89. The van der Waals surface area contributed by atoms with Crippen LogP contribution in [0.4, 0.5) is 16.0 Å². The summed E-state index contributed by atoms with van der Waals surface area (Å²) in [5.74, 6) is 0.707. The van der Waals surface area contributed by atoms with Gasteiger partial charge in [0.2, 0.25) is 11.9 Å². The normalized spacial score (nSPS) is 19.5. The number of piperazine rings is 1. The number of halogens is 1. The highest BCUT2D eigenvalue weighted by atomic mass is 19.1. The van der Waals surface area contributed by atoms with Crippen LogP contribution in [0.2, 0.25) is 0 Å². The van der Waals surface area contributed by atoms with Crippen LogP contribution >= 0.6 is 0 Å². The van der Waals surface area contributed by atoms with Crippen LogP contribution in [0.5, 0.6) is 0 Å². The third kappa shape index (κ3) is 4.70. The van der Waals surface area contributed by atoms with Crippen LogP contribution in [0.25, 0.3) is 0 Å². The van der Waals surface area contributed by atoms with Gasteiger partial charge in [0.15, 0.2) is 0 Å². The van der Waals surface area contributed by atoms with Crippen molar-refractivity contribution in [2.75, 3.05) is 62.2 Å². The molecule has 0 saturated carbocycles. The fourth-order valence-corrected chi connectivity index (χ4v) is 4.24. The summed E-state index contributed by atoms with van der Waals surface area (Å²) < 4.78 is 13.2. The lowest BCUT2D eigenvalue weighted by molar-refractivity contribution is -0.136. The lowest BCUT2D eigenvalue weighted by Gasteiger charge is -2.38. The average molecular weight is 413 g/mol. The number of nitrogens with zero attached hydrogens (tertiary/aromatic N) is 6. The van der Waals surface area contributed by atoms with E-state index in [9.17, 15) is 9.18 Å². The predicted molar refractivity (Wildman–Crippen MR) is 115 cm³/mol. The molecule has 2 aliphatic rings. The van der Waals surface area contributed by atoms with Gasteiger partial charge in [-0.05, 0) is 43.7 Å². The van der Waals surface area contributed by atoms with Crippen LogP contribution in [-0.2, 0) is 4.79 Å². The maximum atomic E-state index is 13.2. The summed E-state index contributed by atoms with van der Waals surface area (Å²) in [5.41, 5.74) is 1.04. The van der Waals surface area contributed by atoms with E-state index in [4.69, 9.17) is 0 Å². The molecule has 2 fully saturated rings. The van der Waals surface area contributed by atoms with Gasteiger partial charge in [-0.25, -0.2) is 14.4 Å². The van der Waals surface area contributed by atoms with Crippen molar-refractivity contribution in [2.24, 2.45) is 0 Å². The molecule has 0 aliphatic carbocycles. The number of benzene rings is 1. The summed E-state index contributed by atoms with van der Waals surface area (Å²) >= 11 is 0. The molecule has 0 bridgehead atoms. The molecule has 30 heavy (non-hydrogen) atoms. The van der Waals surface area contributed by atoms with Crippen LogP contribution in [0.15, 0.2) is 42.7 Å². The van der Waals surface area contributed by atoms with Gasteiger partial charge in [0, 0.05) is 70.4 Å². The van der Waals surface area contributed by atoms with Gasteiger partial charge in [0.1, 0.15) is 5.82 Å². The Morgan fingerprint density at radius 3 is 2.27 bits per heavy atom. The van der Waals surface area contributed by atoms with Crippen LogP contribution in [0, 0.1) is 5.82 Å². The first-order valence-electron chi connectivity index (χ1n) is 10.7. The van der Waals surface area contributed by atoms with Gasteiger partial charge in [-0.15, -0.1) is 0 Å². The third-order valence-electron chi connectivity index (χ3n) is 6.05. The number of hydrogen-bond donors (Lipinski definition) is 0. The van der Waals surface area contributed by atoms with Gasteiger partial charge < -0.3 is 14.7 Å². The molecular formula is C22H29FN6O.